The fourth-order valence-electron chi connectivity index (χ4n) is 3.40. The first-order chi connectivity index (χ1) is 15.3. The molecule has 4 aromatic rings. The molecule has 32 heavy (non-hydrogen) atoms. The second kappa shape index (κ2) is 7.68. The normalized spacial score (nSPS) is 11.0. The molecule has 0 aliphatic carbocycles. The van der Waals surface area contributed by atoms with E-state index < -0.39 is 22.9 Å². The zero-order chi connectivity index (χ0) is 23.2. The van der Waals surface area contributed by atoms with Crippen LogP contribution in [-0.4, -0.2) is 14.3 Å². The summed E-state index contributed by atoms with van der Waals surface area (Å²) in [6, 6.07) is 8.09. The summed E-state index contributed by atoms with van der Waals surface area (Å²) in [6.45, 7) is 1.24. The number of hydrogen-bond acceptors (Lipinski definition) is 7. The standard InChI is InChI=1S/C21H16F2N6O3/c1-3-8-27-11(2)18(29(25)16-10-14(23)13(22)9-15(16)24)20(30)28(21(27)31)19-12-6-4-5-7-17(12)32-26-19/h1,4-7,9-10H,8,24-25H2,2H3. The molecule has 162 valence electrons. The third-order valence-electron chi connectivity index (χ3n) is 4.97. The molecule has 0 saturated heterocycles. The van der Waals surface area contributed by atoms with Crippen molar-refractivity contribution in [1.82, 2.24) is 14.3 Å². The van der Waals surface area contributed by atoms with Crippen molar-refractivity contribution in [3.8, 4) is 18.2 Å². The molecule has 9 nitrogen and oxygen atoms in total. The van der Waals surface area contributed by atoms with Gasteiger partial charge >= 0.3 is 5.69 Å². The third kappa shape index (κ3) is 3.10. The molecular weight excluding hydrogens is 422 g/mol. The van der Waals surface area contributed by atoms with Gasteiger partial charge in [-0.2, -0.15) is 0 Å². The van der Waals surface area contributed by atoms with Crippen molar-refractivity contribution < 1.29 is 13.3 Å². The van der Waals surface area contributed by atoms with Crippen LogP contribution in [0.3, 0.4) is 0 Å². The van der Waals surface area contributed by atoms with E-state index in [2.05, 4.69) is 11.1 Å². The number of hydrogen-bond donors (Lipinski definition) is 2. The Bertz CT molecular complexity index is 1530. The second-order valence-corrected chi connectivity index (χ2v) is 6.84. The monoisotopic (exact) mass is 438 g/mol. The van der Waals surface area contributed by atoms with E-state index in [1.807, 2.05) is 0 Å². The van der Waals surface area contributed by atoms with Crippen molar-refractivity contribution in [1.29, 1.82) is 0 Å². The number of halogens is 2. The Balaban J connectivity index is 2.07. The minimum absolute atomic E-state index is 0.0747. The van der Waals surface area contributed by atoms with Gasteiger partial charge in [0.15, 0.2) is 23.0 Å². The van der Waals surface area contributed by atoms with Gasteiger partial charge in [0, 0.05) is 12.1 Å². The molecule has 11 heteroatoms. The number of rotatable bonds is 4. The van der Waals surface area contributed by atoms with E-state index in [4.69, 9.17) is 22.5 Å². The molecule has 0 atom stereocenters. The quantitative estimate of drug-likeness (QED) is 0.216. The van der Waals surface area contributed by atoms with Gasteiger partial charge in [-0.3, -0.25) is 14.4 Å². The van der Waals surface area contributed by atoms with Crippen LogP contribution in [0.2, 0.25) is 0 Å². The van der Waals surface area contributed by atoms with Crippen LogP contribution in [0.4, 0.5) is 25.8 Å². The van der Waals surface area contributed by atoms with Gasteiger partial charge < -0.3 is 10.3 Å². The predicted molar refractivity (Wildman–Crippen MR) is 115 cm³/mol. The summed E-state index contributed by atoms with van der Waals surface area (Å²) in [5.74, 6) is 5.99. The molecular formula is C21H16F2N6O3. The van der Waals surface area contributed by atoms with Crippen LogP contribution >= 0.6 is 0 Å². The maximum Gasteiger partial charge on any atom is 0.338 e. The summed E-state index contributed by atoms with van der Waals surface area (Å²) in [5, 5.41) is 5.04. The van der Waals surface area contributed by atoms with Crippen molar-refractivity contribution in [2.75, 3.05) is 10.7 Å². The van der Waals surface area contributed by atoms with E-state index in [9.17, 15) is 18.4 Å². The van der Waals surface area contributed by atoms with Gasteiger partial charge in [0.05, 0.1) is 29.0 Å². The molecule has 2 aromatic heterocycles. The molecule has 4 N–H and O–H groups in total. The summed E-state index contributed by atoms with van der Waals surface area (Å²) in [5.41, 5.74) is 3.91. The highest BCUT2D eigenvalue weighted by atomic mass is 19.2. The number of fused-ring (bicyclic) bond motifs is 1. The van der Waals surface area contributed by atoms with Crippen molar-refractivity contribution in [3.05, 3.63) is 74.6 Å². The first-order valence-electron chi connectivity index (χ1n) is 9.20. The number of para-hydroxylation sites is 1. The number of aromatic nitrogens is 3. The van der Waals surface area contributed by atoms with Crippen LogP contribution in [0.25, 0.3) is 16.8 Å². The van der Waals surface area contributed by atoms with Gasteiger partial charge in [0.1, 0.15) is 5.69 Å². The lowest BCUT2D eigenvalue weighted by Gasteiger charge is -2.24. The van der Waals surface area contributed by atoms with E-state index in [1.165, 1.54) is 6.92 Å². The molecule has 0 spiro atoms. The number of nitrogens with zero attached hydrogens (tertiary/aromatic N) is 4. The lowest BCUT2D eigenvalue weighted by molar-refractivity contribution is 0.449. The summed E-state index contributed by atoms with van der Waals surface area (Å²) in [6.07, 6.45) is 5.41. The van der Waals surface area contributed by atoms with Gasteiger partial charge in [0.2, 0.25) is 0 Å². The molecule has 0 aliphatic heterocycles. The van der Waals surface area contributed by atoms with Gasteiger partial charge in [-0.25, -0.2) is 24.0 Å². The smallest absolute Gasteiger partial charge is 0.338 e. The van der Waals surface area contributed by atoms with E-state index in [1.54, 1.807) is 24.3 Å². The highest BCUT2D eigenvalue weighted by Gasteiger charge is 2.25. The molecule has 4 rings (SSSR count). The average molecular weight is 438 g/mol. The number of terminal acetylenes is 1. The van der Waals surface area contributed by atoms with Gasteiger partial charge in [-0.1, -0.05) is 23.2 Å². The van der Waals surface area contributed by atoms with E-state index >= 15 is 0 Å². The van der Waals surface area contributed by atoms with Crippen LogP contribution in [-0.2, 0) is 6.54 Å². The van der Waals surface area contributed by atoms with Crippen LogP contribution in [0.5, 0.6) is 0 Å². The minimum atomic E-state index is -1.22. The number of anilines is 3. The van der Waals surface area contributed by atoms with Crippen molar-refractivity contribution >= 4 is 28.0 Å². The molecule has 0 amide bonds. The largest absolute Gasteiger partial charge is 0.397 e. The molecule has 0 fully saturated rings. The maximum atomic E-state index is 13.9. The molecule has 0 saturated carbocycles. The van der Waals surface area contributed by atoms with Crippen LogP contribution in [0, 0.1) is 30.9 Å². The van der Waals surface area contributed by atoms with Gasteiger partial charge in [-0.15, -0.1) is 6.42 Å². The van der Waals surface area contributed by atoms with Gasteiger partial charge in [0.25, 0.3) is 5.56 Å². The molecule has 0 aliphatic rings. The fraction of sp³-hybridized carbons (Fsp3) is 0.0952. The van der Waals surface area contributed by atoms with E-state index in [-0.39, 0.29) is 35.1 Å². The second-order valence-electron chi connectivity index (χ2n) is 6.84. The lowest BCUT2D eigenvalue weighted by atomic mass is 10.2. The highest BCUT2D eigenvalue weighted by molar-refractivity contribution is 5.84. The summed E-state index contributed by atoms with van der Waals surface area (Å²) >= 11 is 0. The Hall–Kier alpha value is -4.43. The Morgan fingerprint density at radius 2 is 1.91 bits per heavy atom. The highest BCUT2D eigenvalue weighted by Crippen LogP contribution is 2.30. The maximum absolute atomic E-state index is 13.9. The lowest BCUT2D eigenvalue weighted by Crippen LogP contribution is -2.45. The molecule has 0 bridgehead atoms. The zero-order valence-corrected chi connectivity index (χ0v) is 16.7. The average Bonchev–Trinajstić information content (AvgIpc) is 3.17. The van der Waals surface area contributed by atoms with Crippen molar-refractivity contribution in [3.63, 3.8) is 0 Å². The summed E-state index contributed by atoms with van der Waals surface area (Å²) < 4.78 is 34.5. The van der Waals surface area contributed by atoms with Gasteiger partial charge in [-0.05, 0) is 19.1 Å². The SMILES string of the molecule is C#CCn1c(C)c(N(N)c2cc(F)c(F)cc2N)c(=O)n(-c2noc3ccccc23)c1=O. The number of hydrazine groups is 1. The topological polar surface area (TPSA) is 125 Å². The first-order valence-corrected chi connectivity index (χ1v) is 9.20. The molecule has 0 unspecified atom stereocenters. The third-order valence-corrected chi connectivity index (χ3v) is 4.97. The zero-order valence-electron chi connectivity index (χ0n) is 16.7. The minimum Gasteiger partial charge on any atom is -0.397 e. The van der Waals surface area contributed by atoms with Crippen LogP contribution < -0.4 is 27.8 Å². The summed E-state index contributed by atoms with van der Waals surface area (Å²) in [4.78, 5) is 26.6. The molecule has 2 aromatic carbocycles. The van der Waals surface area contributed by atoms with Crippen molar-refractivity contribution in [2.24, 2.45) is 5.84 Å². The number of benzene rings is 2. The van der Waals surface area contributed by atoms with Crippen molar-refractivity contribution in [2.45, 2.75) is 13.5 Å². The van der Waals surface area contributed by atoms with Crippen LogP contribution in [0.1, 0.15) is 5.69 Å². The fourth-order valence-corrected chi connectivity index (χ4v) is 3.40. The predicted octanol–water partition coefficient (Wildman–Crippen LogP) is 1.95. The van der Waals surface area contributed by atoms with E-state index in [0.29, 0.717) is 11.0 Å². The Morgan fingerprint density at radius 1 is 1.22 bits per heavy atom. The Kier molecular flexibility index (Phi) is 5.00. The molecule has 0 radical (unpaired) electrons. The molecule has 2 heterocycles. The summed E-state index contributed by atoms with van der Waals surface area (Å²) in [7, 11) is 0. The number of nitrogen functional groups attached to an aromatic ring is 1. The van der Waals surface area contributed by atoms with Crippen LogP contribution in [0.15, 0.2) is 50.5 Å². The Labute approximate surface area is 179 Å². The first kappa shape index (κ1) is 20.8. The Morgan fingerprint density at radius 3 is 2.62 bits per heavy atom. The van der Waals surface area contributed by atoms with E-state index in [0.717, 1.165) is 26.3 Å². The number of nitrogens with two attached hydrogens (primary N) is 2.